The van der Waals surface area contributed by atoms with E-state index in [4.69, 9.17) is 0 Å². The van der Waals surface area contributed by atoms with Gasteiger partial charge in [0.1, 0.15) is 18.3 Å². The molecule has 3 aromatic carbocycles. The monoisotopic (exact) mass is 419 g/mol. The molecule has 0 aliphatic rings. The van der Waals surface area contributed by atoms with E-state index in [9.17, 15) is 20.4 Å². The van der Waals surface area contributed by atoms with Gasteiger partial charge < -0.3 is 20.4 Å². The quantitative estimate of drug-likeness (QED) is 0.348. The van der Waals surface area contributed by atoms with Gasteiger partial charge in [-0.25, -0.2) is 0 Å². The van der Waals surface area contributed by atoms with E-state index in [0.29, 0.717) is 0 Å². The van der Waals surface area contributed by atoms with Gasteiger partial charge in [-0.3, -0.25) is 5.32 Å². The number of hydrogen-bond donors (Lipinski definition) is 5. The van der Waals surface area contributed by atoms with Crippen LogP contribution in [0.1, 0.15) is 22.7 Å². The Morgan fingerprint density at radius 1 is 0.677 bits per heavy atom. The third-order valence-corrected chi connectivity index (χ3v) is 5.22. The third kappa shape index (κ3) is 6.34. The highest BCUT2D eigenvalue weighted by Gasteiger charge is 2.31. The number of benzene rings is 3. The van der Waals surface area contributed by atoms with Crippen LogP contribution in [0.2, 0.25) is 0 Å². The van der Waals surface area contributed by atoms with Crippen LogP contribution in [-0.2, 0) is 0 Å². The van der Waals surface area contributed by atoms with Crippen LogP contribution in [-0.4, -0.2) is 51.4 Å². The van der Waals surface area contributed by atoms with Crippen molar-refractivity contribution < 1.29 is 20.4 Å². The summed E-state index contributed by atoms with van der Waals surface area (Å²) in [6.07, 6.45) is -0.693. The van der Waals surface area contributed by atoms with Gasteiger partial charge in [-0.15, -0.1) is 0 Å². The fraction of sp³-hybridized carbons (Fsp3) is 0.231. The van der Waals surface area contributed by atoms with Gasteiger partial charge in [-0.1, -0.05) is 103 Å². The number of aliphatic hydroxyl groups excluding tert-OH is 4. The van der Waals surface area contributed by atoms with Gasteiger partial charge in [0.05, 0.1) is 18.7 Å². The molecule has 0 aliphatic heterocycles. The molecule has 3 aromatic rings. The van der Waals surface area contributed by atoms with Crippen LogP contribution in [0, 0.1) is 0 Å². The van der Waals surface area contributed by atoms with Gasteiger partial charge in [0.15, 0.2) is 0 Å². The number of hydrogen-bond acceptors (Lipinski definition) is 5. The number of aliphatic hydroxyl groups is 4. The minimum atomic E-state index is -1.52. The van der Waals surface area contributed by atoms with Gasteiger partial charge in [-0.2, -0.15) is 0 Å². The summed E-state index contributed by atoms with van der Waals surface area (Å²) in [7, 11) is 0. The summed E-state index contributed by atoms with van der Waals surface area (Å²) in [5.74, 6) is 0. The van der Waals surface area contributed by atoms with E-state index in [1.807, 2.05) is 97.1 Å². The molecule has 5 nitrogen and oxygen atoms in total. The van der Waals surface area contributed by atoms with E-state index < -0.39 is 31.0 Å². The second kappa shape index (κ2) is 11.6. The van der Waals surface area contributed by atoms with E-state index in [1.165, 1.54) is 0 Å². The number of rotatable bonds is 10. The van der Waals surface area contributed by atoms with E-state index in [0.717, 1.165) is 16.7 Å². The molecule has 0 bridgehead atoms. The Morgan fingerprint density at radius 2 is 1.16 bits per heavy atom. The zero-order valence-corrected chi connectivity index (χ0v) is 17.2. The van der Waals surface area contributed by atoms with E-state index in [2.05, 4.69) is 5.32 Å². The van der Waals surface area contributed by atoms with Crippen LogP contribution >= 0.6 is 0 Å². The standard InChI is InChI=1S/C26H29NO4/c28-18-23(29)26(31)25(30)22(17-16-19-10-4-1-5-11-19)27-24(20-12-6-2-7-13-20)21-14-8-3-9-15-21/h1-17,22-31H,18H2. The van der Waals surface area contributed by atoms with Crippen LogP contribution in [0.4, 0.5) is 0 Å². The molecule has 162 valence electrons. The summed E-state index contributed by atoms with van der Waals surface area (Å²) in [6.45, 7) is -0.645. The lowest BCUT2D eigenvalue weighted by Gasteiger charge is -2.31. The first-order valence-electron chi connectivity index (χ1n) is 10.3. The zero-order chi connectivity index (χ0) is 22.1. The van der Waals surface area contributed by atoms with Crippen molar-refractivity contribution in [2.24, 2.45) is 0 Å². The van der Waals surface area contributed by atoms with Crippen molar-refractivity contribution in [1.29, 1.82) is 0 Å². The average molecular weight is 420 g/mol. The molecule has 0 heterocycles. The molecule has 0 spiro atoms. The van der Waals surface area contributed by atoms with Crippen molar-refractivity contribution in [3.8, 4) is 0 Å². The predicted octanol–water partition coefficient (Wildman–Crippen LogP) is 2.52. The molecule has 5 heteroatoms. The highest BCUT2D eigenvalue weighted by Crippen LogP contribution is 2.24. The van der Waals surface area contributed by atoms with E-state index in [1.54, 1.807) is 6.08 Å². The minimum absolute atomic E-state index is 0.263. The molecular formula is C26H29NO4. The molecule has 0 aromatic heterocycles. The van der Waals surface area contributed by atoms with Crippen molar-refractivity contribution in [3.05, 3.63) is 114 Å². The van der Waals surface area contributed by atoms with Crippen molar-refractivity contribution in [3.63, 3.8) is 0 Å². The lowest BCUT2D eigenvalue weighted by Crippen LogP contribution is -2.51. The van der Waals surface area contributed by atoms with E-state index in [-0.39, 0.29) is 6.04 Å². The summed E-state index contributed by atoms with van der Waals surface area (Å²) >= 11 is 0. The predicted molar refractivity (Wildman–Crippen MR) is 122 cm³/mol. The molecule has 0 aliphatic carbocycles. The van der Waals surface area contributed by atoms with Crippen molar-refractivity contribution in [1.82, 2.24) is 5.32 Å². The van der Waals surface area contributed by atoms with Crippen LogP contribution in [0.25, 0.3) is 6.08 Å². The molecule has 3 rings (SSSR count). The molecule has 0 saturated carbocycles. The van der Waals surface area contributed by atoms with Crippen LogP contribution in [0.5, 0.6) is 0 Å². The maximum Gasteiger partial charge on any atom is 0.110 e. The maximum absolute atomic E-state index is 10.9. The third-order valence-electron chi connectivity index (χ3n) is 5.22. The SMILES string of the molecule is OCC(O)C(O)C(O)C(C=Cc1ccccc1)NC(c1ccccc1)c1ccccc1. The Bertz CT molecular complexity index is 878. The summed E-state index contributed by atoms with van der Waals surface area (Å²) in [5.41, 5.74) is 2.93. The average Bonchev–Trinajstić information content (AvgIpc) is 2.84. The first kappa shape index (κ1) is 22.9. The van der Waals surface area contributed by atoms with Crippen molar-refractivity contribution >= 4 is 6.08 Å². The lowest BCUT2D eigenvalue weighted by molar-refractivity contribution is -0.0827. The fourth-order valence-corrected chi connectivity index (χ4v) is 3.46. The number of nitrogens with one attached hydrogen (secondary N) is 1. The van der Waals surface area contributed by atoms with Gasteiger partial charge in [0.25, 0.3) is 0 Å². The van der Waals surface area contributed by atoms with Gasteiger partial charge in [0, 0.05) is 0 Å². The molecule has 31 heavy (non-hydrogen) atoms. The van der Waals surface area contributed by atoms with Crippen LogP contribution in [0.3, 0.4) is 0 Å². The highest BCUT2D eigenvalue weighted by atomic mass is 16.4. The minimum Gasteiger partial charge on any atom is -0.394 e. The van der Waals surface area contributed by atoms with Crippen molar-refractivity contribution in [2.75, 3.05) is 6.61 Å². The Hall–Kier alpha value is -2.80. The highest BCUT2D eigenvalue weighted by molar-refractivity contribution is 5.50. The topological polar surface area (TPSA) is 93.0 Å². The second-order valence-corrected chi connectivity index (χ2v) is 7.45. The summed E-state index contributed by atoms with van der Waals surface area (Å²) in [6, 6.07) is 28.3. The molecule has 4 atom stereocenters. The molecule has 0 radical (unpaired) electrons. The fourth-order valence-electron chi connectivity index (χ4n) is 3.46. The Kier molecular flexibility index (Phi) is 8.53. The first-order chi connectivity index (χ1) is 15.1. The summed E-state index contributed by atoms with van der Waals surface area (Å²) < 4.78 is 0. The summed E-state index contributed by atoms with van der Waals surface area (Å²) in [4.78, 5) is 0. The van der Waals surface area contributed by atoms with Gasteiger partial charge in [0.2, 0.25) is 0 Å². The molecule has 5 N–H and O–H groups in total. The van der Waals surface area contributed by atoms with Gasteiger partial charge >= 0.3 is 0 Å². The summed E-state index contributed by atoms with van der Waals surface area (Å²) in [5, 5.41) is 43.8. The molecular weight excluding hydrogens is 390 g/mol. The zero-order valence-electron chi connectivity index (χ0n) is 17.2. The van der Waals surface area contributed by atoms with Crippen LogP contribution < -0.4 is 5.32 Å². The lowest BCUT2D eigenvalue weighted by atomic mass is 9.94. The first-order valence-corrected chi connectivity index (χ1v) is 10.3. The van der Waals surface area contributed by atoms with E-state index >= 15 is 0 Å². The van der Waals surface area contributed by atoms with Crippen LogP contribution in [0.15, 0.2) is 97.1 Å². The Labute approximate surface area is 183 Å². The van der Waals surface area contributed by atoms with Crippen molar-refractivity contribution in [2.45, 2.75) is 30.4 Å². The molecule has 0 fully saturated rings. The Balaban J connectivity index is 1.94. The Morgan fingerprint density at radius 3 is 1.65 bits per heavy atom. The largest absolute Gasteiger partial charge is 0.394 e. The maximum atomic E-state index is 10.9. The second-order valence-electron chi connectivity index (χ2n) is 7.45. The normalized spacial score (nSPS) is 15.6. The molecule has 0 amide bonds. The molecule has 4 unspecified atom stereocenters. The van der Waals surface area contributed by atoms with Gasteiger partial charge in [-0.05, 0) is 16.7 Å². The molecule has 0 saturated heterocycles. The smallest absolute Gasteiger partial charge is 0.110 e.